The Bertz CT molecular complexity index is 442. The Hall–Kier alpha value is -2.24. The smallest absolute Gasteiger partial charge is 0.410 e. The molecule has 6 heteroatoms. The van der Waals surface area contributed by atoms with Crippen LogP contribution in [0, 0.1) is 0 Å². The predicted octanol–water partition coefficient (Wildman–Crippen LogP) is 1.22. The molecule has 1 fully saturated rings. The molecule has 0 radical (unpaired) electrons. The third-order valence-corrected chi connectivity index (χ3v) is 2.58. The van der Waals surface area contributed by atoms with E-state index in [1.165, 1.54) is 12.1 Å². The number of benzene rings is 1. The Labute approximate surface area is 104 Å². The van der Waals surface area contributed by atoms with Crippen LogP contribution >= 0.6 is 0 Å². The number of cyclic esters (lactones) is 1. The van der Waals surface area contributed by atoms with E-state index in [2.05, 4.69) is 0 Å². The third-order valence-electron chi connectivity index (χ3n) is 2.58. The molecule has 1 aliphatic heterocycles. The Kier molecular flexibility index (Phi) is 3.66. The largest absolute Gasteiger partial charge is 0.492 e. The molecule has 0 atom stereocenters. The van der Waals surface area contributed by atoms with Crippen LogP contribution in [0.1, 0.15) is 10.4 Å². The number of carbonyl (C=O) groups is 2. The summed E-state index contributed by atoms with van der Waals surface area (Å²) in [6.45, 7) is 1.81. The van der Waals surface area contributed by atoms with E-state index in [0.717, 1.165) is 0 Å². The molecule has 1 aromatic carbocycles. The van der Waals surface area contributed by atoms with Crippen molar-refractivity contribution in [3.63, 3.8) is 0 Å². The zero-order valence-electron chi connectivity index (χ0n) is 9.67. The Morgan fingerprint density at radius 2 is 2.11 bits per heavy atom. The summed E-state index contributed by atoms with van der Waals surface area (Å²) >= 11 is 0. The molecule has 0 spiro atoms. The first kappa shape index (κ1) is 12.2. The van der Waals surface area contributed by atoms with Crippen molar-refractivity contribution in [3.8, 4) is 5.75 Å². The number of aromatic carboxylic acids is 1. The van der Waals surface area contributed by atoms with Crippen molar-refractivity contribution < 1.29 is 24.2 Å². The van der Waals surface area contributed by atoms with Crippen molar-refractivity contribution in [2.24, 2.45) is 0 Å². The van der Waals surface area contributed by atoms with Gasteiger partial charge in [-0.15, -0.1) is 0 Å². The summed E-state index contributed by atoms with van der Waals surface area (Å²) in [5, 5.41) is 8.73. The zero-order valence-corrected chi connectivity index (χ0v) is 9.67. The van der Waals surface area contributed by atoms with Crippen LogP contribution in [0.4, 0.5) is 4.79 Å². The van der Waals surface area contributed by atoms with Gasteiger partial charge in [-0.2, -0.15) is 0 Å². The maximum absolute atomic E-state index is 11.1. The van der Waals surface area contributed by atoms with Crippen molar-refractivity contribution in [2.45, 2.75) is 0 Å². The van der Waals surface area contributed by atoms with Crippen molar-refractivity contribution in [1.29, 1.82) is 0 Å². The van der Waals surface area contributed by atoms with Gasteiger partial charge >= 0.3 is 12.1 Å². The first-order valence-electron chi connectivity index (χ1n) is 5.54. The second-order valence-electron chi connectivity index (χ2n) is 3.78. The summed E-state index contributed by atoms with van der Waals surface area (Å²) in [6, 6.07) is 6.13. The average molecular weight is 251 g/mol. The highest BCUT2D eigenvalue weighted by atomic mass is 16.6. The second-order valence-corrected chi connectivity index (χ2v) is 3.78. The molecule has 0 unspecified atom stereocenters. The van der Waals surface area contributed by atoms with E-state index in [4.69, 9.17) is 14.6 Å². The van der Waals surface area contributed by atoms with Crippen LogP contribution in [0.2, 0.25) is 0 Å². The van der Waals surface area contributed by atoms with Crippen molar-refractivity contribution in [2.75, 3.05) is 26.3 Å². The minimum absolute atomic E-state index is 0.213. The molecule has 1 aromatic rings. The Morgan fingerprint density at radius 1 is 1.39 bits per heavy atom. The quantitative estimate of drug-likeness (QED) is 0.851. The topological polar surface area (TPSA) is 76.1 Å². The summed E-state index contributed by atoms with van der Waals surface area (Å²) < 4.78 is 10.2. The molecule has 1 aliphatic rings. The molecule has 0 saturated carbocycles. The summed E-state index contributed by atoms with van der Waals surface area (Å²) in [5.74, 6) is -0.395. The van der Waals surface area contributed by atoms with Gasteiger partial charge in [0.2, 0.25) is 0 Å². The molecule has 18 heavy (non-hydrogen) atoms. The lowest BCUT2D eigenvalue weighted by molar-refractivity contribution is 0.0696. The van der Waals surface area contributed by atoms with E-state index in [1.54, 1.807) is 17.0 Å². The maximum atomic E-state index is 11.1. The monoisotopic (exact) mass is 251 g/mol. The van der Waals surface area contributed by atoms with Gasteiger partial charge in [0.25, 0.3) is 0 Å². The lowest BCUT2D eigenvalue weighted by atomic mass is 10.2. The number of nitrogens with zero attached hydrogens (tertiary/aromatic N) is 1. The molecule has 1 N–H and O–H groups in total. The van der Waals surface area contributed by atoms with Crippen molar-refractivity contribution >= 4 is 12.1 Å². The molecule has 1 heterocycles. The molecular formula is C12H13NO5. The minimum Gasteiger partial charge on any atom is -0.492 e. The maximum Gasteiger partial charge on any atom is 0.410 e. The highest BCUT2D eigenvalue weighted by Gasteiger charge is 2.21. The van der Waals surface area contributed by atoms with Crippen LogP contribution in [0.15, 0.2) is 24.3 Å². The summed E-state index contributed by atoms with van der Waals surface area (Å²) in [6.07, 6.45) is -0.320. The van der Waals surface area contributed by atoms with Crippen LogP contribution in [-0.2, 0) is 4.74 Å². The molecule has 0 aromatic heterocycles. The van der Waals surface area contributed by atoms with Crippen molar-refractivity contribution in [1.82, 2.24) is 4.90 Å². The normalized spacial score (nSPS) is 14.4. The van der Waals surface area contributed by atoms with Gasteiger partial charge in [-0.25, -0.2) is 9.59 Å². The van der Waals surface area contributed by atoms with Gasteiger partial charge in [-0.05, 0) is 24.3 Å². The van der Waals surface area contributed by atoms with Crippen LogP contribution in [-0.4, -0.2) is 48.4 Å². The highest BCUT2D eigenvalue weighted by molar-refractivity contribution is 5.87. The van der Waals surface area contributed by atoms with Gasteiger partial charge in [0.1, 0.15) is 19.0 Å². The molecule has 1 saturated heterocycles. The fraction of sp³-hybridized carbons (Fsp3) is 0.333. The number of carboxylic acid groups (broad SMARTS) is 1. The number of ether oxygens (including phenoxy) is 2. The van der Waals surface area contributed by atoms with Crippen LogP contribution < -0.4 is 4.74 Å². The van der Waals surface area contributed by atoms with Crippen LogP contribution in [0.3, 0.4) is 0 Å². The summed E-state index contributed by atoms with van der Waals surface area (Å²) in [4.78, 5) is 23.3. The van der Waals surface area contributed by atoms with E-state index < -0.39 is 5.97 Å². The lowest BCUT2D eigenvalue weighted by Crippen LogP contribution is -2.29. The number of rotatable bonds is 5. The Balaban J connectivity index is 1.79. The number of carbonyl (C=O) groups excluding carboxylic acids is 1. The van der Waals surface area contributed by atoms with Crippen LogP contribution in [0.5, 0.6) is 5.75 Å². The number of hydrogen-bond donors (Lipinski definition) is 1. The molecular weight excluding hydrogens is 238 g/mol. The number of amides is 1. The predicted molar refractivity (Wildman–Crippen MR) is 61.8 cm³/mol. The van der Waals surface area contributed by atoms with Crippen LogP contribution in [0.25, 0.3) is 0 Å². The zero-order chi connectivity index (χ0) is 13.0. The molecule has 2 rings (SSSR count). The molecule has 1 amide bonds. The van der Waals surface area contributed by atoms with Gasteiger partial charge in [-0.1, -0.05) is 0 Å². The molecule has 0 bridgehead atoms. The van der Waals surface area contributed by atoms with E-state index >= 15 is 0 Å². The van der Waals surface area contributed by atoms with E-state index in [1.807, 2.05) is 0 Å². The van der Waals surface area contributed by atoms with Gasteiger partial charge in [-0.3, -0.25) is 0 Å². The average Bonchev–Trinajstić information content (AvgIpc) is 2.76. The van der Waals surface area contributed by atoms with Gasteiger partial charge in [0.15, 0.2) is 0 Å². The second kappa shape index (κ2) is 5.39. The van der Waals surface area contributed by atoms with Crippen molar-refractivity contribution in [3.05, 3.63) is 29.8 Å². The fourth-order valence-corrected chi connectivity index (χ4v) is 1.60. The van der Waals surface area contributed by atoms with Gasteiger partial charge in [0.05, 0.1) is 18.7 Å². The minimum atomic E-state index is -0.971. The number of carboxylic acids is 1. The standard InChI is InChI=1S/C12H13NO5/c14-11(15)9-1-3-10(4-2-9)17-7-5-13-6-8-18-12(13)16/h1-4H,5-8H2,(H,14,15). The molecule has 96 valence electrons. The fourth-order valence-electron chi connectivity index (χ4n) is 1.60. The summed E-state index contributed by atoms with van der Waals surface area (Å²) in [7, 11) is 0. The van der Waals surface area contributed by atoms with E-state index in [-0.39, 0.29) is 11.7 Å². The third kappa shape index (κ3) is 2.91. The first-order valence-corrected chi connectivity index (χ1v) is 5.54. The van der Waals surface area contributed by atoms with Gasteiger partial charge in [0, 0.05) is 0 Å². The lowest BCUT2D eigenvalue weighted by Gasteiger charge is -2.13. The molecule has 6 nitrogen and oxygen atoms in total. The first-order chi connectivity index (χ1) is 8.66. The summed E-state index contributed by atoms with van der Waals surface area (Å²) in [5.41, 5.74) is 0.213. The SMILES string of the molecule is O=C(O)c1ccc(OCCN2CCOC2=O)cc1. The highest BCUT2D eigenvalue weighted by Crippen LogP contribution is 2.12. The van der Waals surface area contributed by atoms with E-state index in [9.17, 15) is 9.59 Å². The Morgan fingerprint density at radius 3 is 2.67 bits per heavy atom. The van der Waals surface area contributed by atoms with E-state index in [0.29, 0.717) is 32.1 Å². The molecule has 0 aliphatic carbocycles. The number of hydrogen-bond acceptors (Lipinski definition) is 4. The van der Waals surface area contributed by atoms with Gasteiger partial charge < -0.3 is 19.5 Å².